The van der Waals surface area contributed by atoms with Crippen LogP contribution in [0.4, 0.5) is 0 Å². The zero-order valence-corrected chi connectivity index (χ0v) is 10.7. The lowest BCUT2D eigenvalue weighted by Gasteiger charge is -2.06. The zero-order chi connectivity index (χ0) is 13.7. The minimum absolute atomic E-state index is 0.0125. The van der Waals surface area contributed by atoms with Crippen molar-refractivity contribution in [2.75, 3.05) is 6.54 Å². The van der Waals surface area contributed by atoms with E-state index in [9.17, 15) is 9.59 Å². The topological polar surface area (TPSA) is 46.2 Å². The summed E-state index contributed by atoms with van der Waals surface area (Å²) < 4.78 is 0. The smallest absolute Gasteiger partial charge is 0.251 e. The van der Waals surface area contributed by atoms with Crippen molar-refractivity contribution in [3.63, 3.8) is 0 Å². The van der Waals surface area contributed by atoms with Gasteiger partial charge in [-0.25, -0.2) is 0 Å². The van der Waals surface area contributed by atoms with Gasteiger partial charge >= 0.3 is 0 Å². The molecule has 0 heterocycles. The Morgan fingerprint density at radius 3 is 2.26 bits per heavy atom. The predicted molar refractivity (Wildman–Crippen MR) is 74.3 cm³/mol. The highest BCUT2D eigenvalue weighted by Crippen LogP contribution is 2.07. The van der Waals surface area contributed by atoms with E-state index in [0.29, 0.717) is 11.1 Å². The number of aryl methyl sites for hydroxylation is 1. The van der Waals surface area contributed by atoms with E-state index < -0.39 is 0 Å². The second-order valence-electron chi connectivity index (χ2n) is 4.29. The average Bonchev–Trinajstić information content (AvgIpc) is 2.46. The molecule has 2 aromatic rings. The molecule has 1 amide bonds. The van der Waals surface area contributed by atoms with Gasteiger partial charge in [-0.3, -0.25) is 9.59 Å². The van der Waals surface area contributed by atoms with Gasteiger partial charge in [-0.2, -0.15) is 0 Å². The first kappa shape index (κ1) is 13.0. The second kappa shape index (κ2) is 5.96. The van der Waals surface area contributed by atoms with E-state index in [-0.39, 0.29) is 18.2 Å². The summed E-state index contributed by atoms with van der Waals surface area (Å²) in [6.45, 7) is 1.89. The lowest BCUT2D eigenvalue weighted by molar-refractivity contribution is 0.0904. The van der Waals surface area contributed by atoms with Crippen molar-refractivity contribution in [2.45, 2.75) is 6.92 Å². The Kier molecular flexibility index (Phi) is 4.08. The molecule has 0 aromatic heterocycles. The Labute approximate surface area is 112 Å². The SMILES string of the molecule is Cc1ccccc1C(=O)CNC(=O)c1ccccc1. The number of rotatable bonds is 4. The number of carbonyl (C=O) groups excluding carboxylic acids is 2. The number of amides is 1. The maximum atomic E-state index is 12.0. The second-order valence-corrected chi connectivity index (χ2v) is 4.29. The first-order valence-electron chi connectivity index (χ1n) is 6.10. The largest absolute Gasteiger partial charge is 0.345 e. The quantitative estimate of drug-likeness (QED) is 0.851. The number of nitrogens with one attached hydrogen (secondary N) is 1. The maximum absolute atomic E-state index is 12.0. The highest BCUT2D eigenvalue weighted by Gasteiger charge is 2.10. The minimum atomic E-state index is -0.234. The van der Waals surface area contributed by atoms with Gasteiger partial charge in [-0.15, -0.1) is 0 Å². The molecule has 0 fully saturated rings. The van der Waals surface area contributed by atoms with Crippen molar-refractivity contribution in [1.29, 1.82) is 0 Å². The predicted octanol–water partition coefficient (Wildman–Crippen LogP) is 2.61. The molecule has 1 N–H and O–H groups in total. The van der Waals surface area contributed by atoms with Crippen LogP contribution in [0.5, 0.6) is 0 Å². The van der Waals surface area contributed by atoms with Crippen molar-refractivity contribution in [1.82, 2.24) is 5.32 Å². The van der Waals surface area contributed by atoms with Gasteiger partial charge in [-0.05, 0) is 24.6 Å². The Balaban J connectivity index is 1.98. The van der Waals surface area contributed by atoms with E-state index in [1.54, 1.807) is 30.3 Å². The van der Waals surface area contributed by atoms with Gasteiger partial charge < -0.3 is 5.32 Å². The Morgan fingerprint density at radius 1 is 0.947 bits per heavy atom. The van der Waals surface area contributed by atoms with Crippen LogP contribution in [0, 0.1) is 6.92 Å². The minimum Gasteiger partial charge on any atom is -0.345 e. The normalized spacial score (nSPS) is 9.95. The fraction of sp³-hybridized carbons (Fsp3) is 0.125. The molecule has 3 heteroatoms. The Bertz CT molecular complexity index is 591. The molecule has 96 valence electrons. The van der Waals surface area contributed by atoms with Crippen molar-refractivity contribution < 1.29 is 9.59 Å². The van der Waals surface area contributed by atoms with Gasteiger partial charge in [0.05, 0.1) is 6.54 Å². The fourth-order valence-electron chi connectivity index (χ4n) is 1.83. The molecular formula is C16H15NO2. The van der Waals surface area contributed by atoms with E-state index in [1.807, 2.05) is 31.2 Å². The first-order chi connectivity index (χ1) is 9.18. The molecule has 0 bridgehead atoms. The van der Waals surface area contributed by atoms with Crippen molar-refractivity contribution in [2.24, 2.45) is 0 Å². The van der Waals surface area contributed by atoms with Gasteiger partial charge in [0.25, 0.3) is 5.91 Å². The summed E-state index contributed by atoms with van der Waals surface area (Å²) in [7, 11) is 0. The van der Waals surface area contributed by atoms with Crippen molar-refractivity contribution in [3.05, 3.63) is 71.3 Å². The number of ketones is 1. The van der Waals surface area contributed by atoms with Crippen LogP contribution in [0.25, 0.3) is 0 Å². The van der Waals surface area contributed by atoms with Crippen LogP contribution in [0.15, 0.2) is 54.6 Å². The van der Waals surface area contributed by atoms with Crippen LogP contribution >= 0.6 is 0 Å². The summed E-state index contributed by atoms with van der Waals surface area (Å²) in [6, 6.07) is 16.2. The molecule has 0 aliphatic carbocycles. The molecule has 0 radical (unpaired) electrons. The van der Waals surface area contributed by atoms with Gasteiger partial charge in [0.2, 0.25) is 0 Å². The lowest BCUT2D eigenvalue weighted by Crippen LogP contribution is -2.29. The highest BCUT2D eigenvalue weighted by atomic mass is 16.2. The van der Waals surface area contributed by atoms with E-state index in [0.717, 1.165) is 5.56 Å². The number of hydrogen-bond donors (Lipinski definition) is 1. The molecule has 0 saturated heterocycles. The van der Waals surface area contributed by atoms with Gasteiger partial charge in [0, 0.05) is 11.1 Å². The van der Waals surface area contributed by atoms with Crippen LogP contribution < -0.4 is 5.32 Å². The van der Waals surface area contributed by atoms with Crippen LogP contribution in [-0.2, 0) is 0 Å². The molecule has 0 aliphatic heterocycles. The third-order valence-corrected chi connectivity index (χ3v) is 2.89. The summed E-state index contributed by atoms with van der Waals surface area (Å²) in [5.74, 6) is -0.315. The Hall–Kier alpha value is -2.42. The van der Waals surface area contributed by atoms with Crippen LogP contribution in [0.1, 0.15) is 26.3 Å². The maximum Gasteiger partial charge on any atom is 0.251 e. The van der Waals surface area contributed by atoms with Gasteiger partial charge in [0.1, 0.15) is 0 Å². The number of hydrogen-bond acceptors (Lipinski definition) is 2. The molecule has 2 rings (SSSR count). The fourth-order valence-corrected chi connectivity index (χ4v) is 1.83. The third kappa shape index (κ3) is 3.28. The van der Waals surface area contributed by atoms with Crippen LogP contribution in [0.2, 0.25) is 0 Å². The molecule has 0 spiro atoms. The number of Topliss-reactive ketones (excluding diaryl/α,β-unsaturated/α-hetero) is 1. The summed E-state index contributed by atoms with van der Waals surface area (Å²) in [5.41, 5.74) is 2.12. The highest BCUT2D eigenvalue weighted by molar-refractivity contribution is 6.02. The summed E-state index contributed by atoms with van der Waals surface area (Å²) in [5, 5.41) is 2.64. The van der Waals surface area contributed by atoms with Gasteiger partial charge in [0.15, 0.2) is 5.78 Å². The third-order valence-electron chi connectivity index (χ3n) is 2.89. The zero-order valence-electron chi connectivity index (χ0n) is 10.7. The molecule has 2 aromatic carbocycles. The molecule has 0 atom stereocenters. The summed E-state index contributed by atoms with van der Waals surface area (Å²) in [4.78, 5) is 23.8. The van der Waals surface area contributed by atoms with Gasteiger partial charge in [-0.1, -0.05) is 42.5 Å². The monoisotopic (exact) mass is 253 g/mol. The standard InChI is InChI=1S/C16H15NO2/c1-12-7-5-6-10-14(12)15(18)11-17-16(19)13-8-3-2-4-9-13/h2-10H,11H2,1H3,(H,17,19). The van der Waals surface area contributed by atoms with E-state index in [4.69, 9.17) is 0 Å². The summed E-state index contributed by atoms with van der Waals surface area (Å²) in [6.07, 6.45) is 0. The molecule has 0 unspecified atom stereocenters. The first-order valence-corrected chi connectivity index (χ1v) is 6.10. The van der Waals surface area contributed by atoms with Crippen LogP contribution in [0.3, 0.4) is 0 Å². The Morgan fingerprint density at radius 2 is 1.58 bits per heavy atom. The van der Waals surface area contributed by atoms with E-state index >= 15 is 0 Å². The molecule has 0 saturated carbocycles. The number of carbonyl (C=O) groups is 2. The summed E-state index contributed by atoms with van der Waals surface area (Å²) >= 11 is 0. The molecule has 19 heavy (non-hydrogen) atoms. The molecular weight excluding hydrogens is 238 g/mol. The van der Waals surface area contributed by atoms with Crippen molar-refractivity contribution >= 4 is 11.7 Å². The molecule has 3 nitrogen and oxygen atoms in total. The molecule has 0 aliphatic rings. The van der Waals surface area contributed by atoms with Crippen molar-refractivity contribution in [3.8, 4) is 0 Å². The van der Waals surface area contributed by atoms with Crippen LogP contribution in [-0.4, -0.2) is 18.2 Å². The number of benzene rings is 2. The lowest BCUT2D eigenvalue weighted by atomic mass is 10.0. The van der Waals surface area contributed by atoms with E-state index in [2.05, 4.69) is 5.32 Å². The average molecular weight is 253 g/mol. The van der Waals surface area contributed by atoms with E-state index in [1.165, 1.54) is 0 Å².